The number of anilines is 4. The van der Waals surface area contributed by atoms with E-state index in [9.17, 15) is 10.1 Å². The van der Waals surface area contributed by atoms with Crippen LogP contribution in [0.4, 0.5) is 28.7 Å². The summed E-state index contributed by atoms with van der Waals surface area (Å²) in [5, 5.41) is 18.7. The van der Waals surface area contributed by atoms with Gasteiger partial charge in [0.05, 0.1) is 4.92 Å². The van der Waals surface area contributed by atoms with Crippen molar-refractivity contribution in [2.24, 2.45) is 0 Å². The van der Waals surface area contributed by atoms with Gasteiger partial charge in [-0.25, -0.2) is 9.97 Å². The molecule has 0 bridgehead atoms. The van der Waals surface area contributed by atoms with Crippen molar-refractivity contribution in [3.8, 4) is 0 Å². The third-order valence-corrected chi connectivity index (χ3v) is 4.62. The summed E-state index contributed by atoms with van der Waals surface area (Å²) in [5.41, 5.74) is 2.58. The summed E-state index contributed by atoms with van der Waals surface area (Å²) in [7, 11) is 0. The van der Waals surface area contributed by atoms with Crippen LogP contribution < -0.4 is 10.6 Å². The number of nitrogens with zero attached hydrogens (tertiary/aromatic N) is 3. The van der Waals surface area contributed by atoms with Crippen molar-refractivity contribution in [2.75, 3.05) is 10.6 Å². The van der Waals surface area contributed by atoms with Gasteiger partial charge in [0.25, 0.3) is 0 Å². The second-order valence-electron chi connectivity index (χ2n) is 5.80. The Bertz CT molecular complexity index is 1000. The first-order chi connectivity index (χ1) is 12.9. The molecule has 0 aliphatic rings. The molecule has 3 rings (SSSR count). The minimum absolute atomic E-state index is 0.0579. The molecular weight excluding hydrogens is 389 g/mol. The number of nitrogens with one attached hydrogen (secondary N) is 2. The SMILES string of the molecule is Cc1ccc(Cl)cc1Nc1ncnc(Nc2cccc(Cl)c2C)c1[N+](=O)[O-]. The lowest BCUT2D eigenvalue weighted by atomic mass is 10.2. The largest absolute Gasteiger partial charge is 0.353 e. The van der Waals surface area contributed by atoms with Gasteiger partial charge in [-0.05, 0) is 49.2 Å². The molecule has 0 saturated heterocycles. The van der Waals surface area contributed by atoms with E-state index in [4.69, 9.17) is 23.2 Å². The number of aromatic nitrogens is 2. The van der Waals surface area contributed by atoms with Crippen LogP contribution in [-0.4, -0.2) is 14.9 Å². The minimum Gasteiger partial charge on any atom is -0.334 e. The predicted octanol–water partition coefficient (Wildman–Crippen LogP) is 5.80. The third-order valence-electron chi connectivity index (χ3n) is 3.98. The number of rotatable bonds is 5. The molecule has 0 spiro atoms. The van der Waals surface area contributed by atoms with Crippen molar-refractivity contribution < 1.29 is 4.92 Å². The molecule has 1 heterocycles. The van der Waals surface area contributed by atoms with E-state index in [2.05, 4.69) is 20.6 Å². The van der Waals surface area contributed by atoms with Gasteiger partial charge in [0.2, 0.25) is 11.6 Å². The molecule has 0 aliphatic carbocycles. The number of nitro groups is 1. The number of benzene rings is 2. The Morgan fingerprint density at radius 2 is 1.67 bits per heavy atom. The van der Waals surface area contributed by atoms with E-state index in [1.807, 2.05) is 19.9 Å². The van der Waals surface area contributed by atoms with Gasteiger partial charge in [0, 0.05) is 21.4 Å². The number of hydrogen-bond donors (Lipinski definition) is 2. The van der Waals surface area contributed by atoms with E-state index in [1.54, 1.807) is 30.3 Å². The lowest BCUT2D eigenvalue weighted by Crippen LogP contribution is -2.06. The van der Waals surface area contributed by atoms with Gasteiger partial charge >= 0.3 is 5.69 Å². The maximum atomic E-state index is 11.7. The predicted molar refractivity (Wildman–Crippen MR) is 108 cm³/mol. The minimum atomic E-state index is -0.537. The number of aryl methyl sites for hydroxylation is 1. The van der Waals surface area contributed by atoms with Crippen molar-refractivity contribution in [2.45, 2.75) is 13.8 Å². The van der Waals surface area contributed by atoms with Crippen LogP contribution in [0.2, 0.25) is 10.0 Å². The summed E-state index contributed by atoms with van der Waals surface area (Å²) in [6.07, 6.45) is 1.25. The first kappa shape index (κ1) is 18.9. The van der Waals surface area contributed by atoms with E-state index < -0.39 is 4.92 Å². The molecule has 27 heavy (non-hydrogen) atoms. The Balaban J connectivity index is 2.04. The Kier molecular flexibility index (Phi) is 5.43. The van der Waals surface area contributed by atoms with Crippen LogP contribution in [0.1, 0.15) is 11.1 Å². The topological polar surface area (TPSA) is 93.0 Å². The van der Waals surface area contributed by atoms with Gasteiger partial charge in [0.15, 0.2) is 0 Å². The highest BCUT2D eigenvalue weighted by molar-refractivity contribution is 6.31. The average molecular weight is 404 g/mol. The molecule has 0 atom stereocenters. The Morgan fingerprint density at radius 1 is 1.00 bits per heavy atom. The standard InChI is InChI=1S/C18H15Cl2N5O2/c1-10-6-7-12(19)8-15(10)24-18-16(25(26)27)17(21-9-22-18)23-14-5-3-4-13(20)11(14)2/h3-9H,1-2H3,(H2,21,22,23,24). The van der Waals surface area contributed by atoms with E-state index in [-0.39, 0.29) is 17.3 Å². The van der Waals surface area contributed by atoms with Crippen molar-refractivity contribution >= 4 is 51.9 Å². The molecule has 0 aliphatic heterocycles. The summed E-state index contributed by atoms with van der Waals surface area (Å²) >= 11 is 12.1. The van der Waals surface area contributed by atoms with Gasteiger partial charge in [-0.2, -0.15) is 0 Å². The van der Waals surface area contributed by atoms with Crippen LogP contribution in [0.5, 0.6) is 0 Å². The second-order valence-corrected chi connectivity index (χ2v) is 6.64. The molecule has 2 aromatic carbocycles. The van der Waals surface area contributed by atoms with Crippen molar-refractivity contribution in [1.82, 2.24) is 9.97 Å². The molecule has 3 aromatic rings. The van der Waals surface area contributed by atoms with Crippen LogP contribution in [0.25, 0.3) is 0 Å². The molecule has 0 fully saturated rings. The Labute approximate surface area is 165 Å². The quantitative estimate of drug-likeness (QED) is 0.413. The monoisotopic (exact) mass is 403 g/mol. The fourth-order valence-electron chi connectivity index (χ4n) is 2.46. The van der Waals surface area contributed by atoms with Gasteiger partial charge in [-0.3, -0.25) is 10.1 Å². The number of halogens is 2. The van der Waals surface area contributed by atoms with Gasteiger partial charge in [-0.1, -0.05) is 35.3 Å². The summed E-state index contributed by atoms with van der Waals surface area (Å²) in [4.78, 5) is 19.3. The van der Waals surface area contributed by atoms with Crippen molar-refractivity contribution in [1.29, 1.82) is 0 Å². The summed E-state index contributed by atoms with van der Waals surface area (Å²) in [5.74, 6) is 0.116. The summed E-state index contributed by atoms with van der Waals surface area (Å²) in [6, 6.07) is 10.5. The average Bonchev–Trinajstić information content (AvgIpc) is 2.62. The molecule has 0 amide bonds. The fourth-order valence-corrected chi connectivity index (χ4v) is 2.81. The van der Waals surface area contributed by atoms with Crippen molar-refractivity contribution in [3.05, 3.63) is 74.0 Å². The van der Waals surface area contributed by atoms with Crippen molar-refractivity contribution in [3.63, 3.8) is 0 Å². The van der Waals surface area contributed by atoms with Gasteiger partial charge in [0.1, 0.15) is 6.33 Å². The summed E-state index contributed by atoms with van der Waals surface area (Å²) in [6.45, 7) is 3.67. The van der Waals surface area contributed by atoms with Crippen LogP contribution in [0, 0.1) is 24.0 Å². The van der Waals surface area contributed by atoms with Crippen LogP contribution >= 0.6 is 23.2 Å². The van der Waals surface area contributed by atoms with Gasteiger partial charge in [-0.15, -0.1) is 0 Å². The lowest BCUT2D eigenvalue weighted by Gasteiger charge is -2.13. The smallest absolute Gasteiger partial charge is 0.334 e. The molecule has 2 N–H and O–H groups in total. The first-order valence-electron chi connectivity index (χ1n) is 7.91. The first-order valence-corrected chi connectivity index (χ1v) is 8.67. The highest BCUT2D eigenvalue weighted by Gasteiger charge is 2.24. The normalized spacial score (nSPS) is 10.5. The Morgan fingerprint density at radius 3 is 2.33 bits per heavy atom. The zero-order valence-electron chi connectivity index (χ0n) is 14.5. The highest BCUT2D eigenvalue weighted by Crippen LogP contribution is 2.35. The lowest BCUT2D eigenvalue weighted by molar-refractivity contribution is -0.383. The maximum Gasteiger partial charge on any atom is 0.353 e. The molecule has 0 saturated carbocycles. The van der Waals surface area contributed by atoms with Crippen LogP contribution in [-0.2, 0) is 0 Å². The molecular formula is C18H15Cl2N5O2. The molecule has 0 unspecified atom stereocenters. The van der Waals surface area contributed by atoms with Gasteiger partial charge < -0.3 is 10.6 Å². The second kappa shape index (κ2) is 7.77. The summed E-state index contributed by atoms with van der Waals surface area (Å²) < 4.78 is 0. The van der Waals surface area contributed by atoms with E-state index in [1.165, 1.54) is 6.33 Å². The van der Waals surface area contributed by atoms with Crippen LogP contribution in [0.15, 0.2) is 42.7 Å². The molecule has 1 aromatic heterocycles. The number of hydrogen-bond acceptors (Lipinski definition) is 6. The maximum absolute atomic E-state index is 11.7. The highest BCUT2D eigenvalue weighted by atomic mass is 35.5. The zero-order valence-corrected chi connectivity index (χ0v) is 16.0. The third kappa shape index (κ3) is 4.10. The fraction of sp³-hybridized carbons (Fsp3) is 0.111. The molecule has 9 heteroatoms. The van der Waals surface area contributed by atoms with E-state index in [0.717, 1.165) is 11.1 Å². The molecule has 138 valence electrons. The molecule has 0 radical (unpaired) electrons. The zero-order chi connectivity index (χ0) is 19.6. The van der Waals surface area contributed by atoms with E-state index in [0.29, 0.717) is 21.4 Å². The molecule has 7 nitrogen and oxygen atoms in total. The van der Waals surface area contributed by atoms with E-state index >= 15 is 0 Å². The Hall–Kier alpha value is -2.90. The van der Waals surface area contributed by atoms with Crippen LogP contribution in [0.3, 0.4) is 0 Å².